The molecule has 0 aromatic rings. The lowest BCUT2D eigenvalue weighted by Gasteiger charge is -2.23. The Morgan fingerprint density at radius 1 is 1.60 bits per heavy atom. The van der Waals surface area contributed by atoms with Gasteiger partial charge in [-0.15, -0.1) is 0 Å². The predicted octanol–water partition coefficient (Wildman–Crippen LogP) is 1.78. The molecule has 0 rings (SSSR count). The van der Waals surface area contributed by atoms with Crippen LogP contribution in [0.15, 0.2) is 12.2 Å². The van der Waals surface area contributed by atoms with E-state index in [9.17, 15) is 0 Å². The third kappa shape index (κ3) is 7.12. The first kappa shape index (κ1) is 14.2. The molecule has 0 aliphatic rings. The Hall–Kier alpha value is -0.850. The van der Waals surface area contributed by atoms with Crippen LogP contribution in [-0.4, -0.2) is 37.6 Å². The molecule has 15 heavy (non-hydrogen) atoms. The van der Waals surface area contributed by atoms with Crippen molar-refractivity contribution in [1.82, 2.24) is 10.2 Å². The highest BCUT2D eigenvalue weighted by molar-refractivity contribution is 5.00. The minimum atomic E-state index is 0.304. The maximum Gasteiger partial charge on any atom is 0.0638 e. The van der Waals surface area contributed by atoms with Crippen LogP contribution < -0.4 is 5.32 Å². The van der Waals surface area contributed by atoms with Crippen LogP contribution in [0, 0.1) is 11.3 Å². The second kappa shape index (κ2) is 8.46. The highest BCUT2D eigenvalue weighted by Crippen LogP contribution is 2.02. The normalized spacial score (nSPS) is 12.5. The first-order valence-electron chi connectivity index (χ1n) is 5.56. The summed E-state index contributed by atoms with van der Waals surface area (Å²) in [7, 11) is 2.03. The lowest BCUT2D eigenvalue weighted by atomic mass is 10.2. The zero-order chi connectivity index (χ0) is 11.7. The molecular formula is C12H23N3. The molecule has 0 heterocycles. The molecule has 0 bridgehead atoms. The van der Waals surface area contributed by atoms with Gasteiger partial charge in [0.05, 0.1) is 12.5 Å². The summed E-state index contributed by atoms with van der Waals surface area (Å²) in [5.74, 6) is 0. The van der Waals surface area contributed by atoms with Gasteiger partial charge >= 0.3 is 0 Å². The molecule has 3 heteroatoms. The van der Waals surface area contributed by atoms with Gasteiger partial charge in [-0.3, -0.25) is 4.90 Å². The monoisotopic (exact) mass is 209 g/mol. The number of nitrogens with one attached hydrogen (secondary N) is 1. The first-order valence-corrected chi connectivity index (χ1v) is 5.56. The number of likely N-dealkylation sites (N-methyl/N-ethyl adjacent to an activating group) is 1. The SMILES string of the molecule is C=C(CNCCC)CN(C)C(C)CC#N. The molecule has 0 saturated carbocycles. The lowest BCUT2D eigenvalue weighted by molar-refractivity contribution is 0.280. The summed E-state index contributed by atoms with van der Waals surface area (Å²) >= 11 is 0. The second-order valence-corrected chi connectivity index (χ2v) is 4.05. The molecule has 1 N–H and O–H groups in total. The van der Waals surface area contributed by atoms with Crippen LogP contribution in [0.4, 0.5) is 0 Å². The van der Waals surface area contributed by atoms with Crippen molar-refractivity contribution in [1.29, 1.82) is 5.26 Å². The van der Waals surface area contributed by atoms with Crippen LogP contribution in [-0.2, 0) is 0 Å². The Balaban J connectivity index is 3.71. The van der Waals surface area contributed by atoms with Gasteiger partial charge in [-0.1, -0.05) is 13.5 Å². The molecule has 0 radical (unpaired) electrons. The summed E-state index contributed by atoms with van der Waals surface area (Å²) in [4.78, 5) is 2.17. The molecule has 3 nitrogen and oxygen atoms in total. The van der Waals surface area contributed by atoms with Gasteiger partial charge < -0.3 is 5.32 Å². The Labute approximate surface area is 93.8 Å². The van der Waals surface area contributed by atoms with E-state index in [0.717, 1.165) is 26.1 Å². The molecule has 0 amide bonds. The van der Waals surface area contributed by atoms with E-state index in [1.54, 1.807) is 0 Å². The first-order chi connectivity index (χ1) is 7.11. The number of hydrogen-bond acceptors (Lipinski definition) is 3. The van der Waals surface area contributed by atoms with E-state index in [0.29, 0.717) is 12.5 Å². The molecule has 0 saturated heterocycles. The van der Waals surface area contributed by atoms with Crippen molar-refractivity contribution in [2.45, 2.75) is 32.7 Å². The van der Waals surface area contributed by atoms with Crippen LogP contribution in [0.2, 0.25) is 0 Å². The summed E-state index contributed by atoms with van der Waals surface area (Å²) in [6.45, 7) is 11.0. The topological polar surface area (TPSA) is 39.1 Å². The summed E-state index contributed by atoms with van der Waals surface area (Å²) in [6.07, 6.45) is 1.72. The van der Waals surface area contributed by atoms with Crippen LogP contribution in [0.25, 0.3) is 0 Å². The average molecular weight is 209 g/mol. The van der Waals surface area contributed by atoms with E-state index in [2.05, 4.69) is 36.7 Å². The molecule has 0 aliphatic heterocycles. The van der Waals surface area contributed by atoms with Crippen molar-refractivity contribution >= 4 is 0 Å². The van der Waals surface area contributed by atoms with Crippen LogP contribution in [0.1, 0.15) is 26.7 Å². The lowest BCUT2D eigenvalue weighted by Crippen LogP contribution is -2.32. The predicted molar refractivity (Wildman–Crippen MR) is 64.6 cm³/mol. The van der Waals surface area contributed by atoms with Crippen molar-refractivity contribution in [2.24, 2.45) is 0 Å². The smallest absolute Gasteiger partial charge is 0.0638 e. The van der Waals surface area contributed by atoms with Crippen molar-refractivity contribution in [3.63, 3.8) is 0 Å². The summed E-state index contributed by atoms with van der Waals surface area (Å²) < 4.78 is 0. The molecule has 0 spiro atoms. The number of hydrogen-bond donors (Lipinski definition) is 1. The minimum absolute atomic E-state index is 0.304. The average Bonchev–Trinajstić information content (AvgIpc) is 2.18. The van der Waals surface area contributed by atoms with Crippen molar-refractivity contribution < 1.29 is 0 Å². The third-order valence-corrected chi connectivity index (χ3v) is 2.41. The van der Waals surface area contributed by atoms with Gasteiger partial charge in [-0.25, -0.2) is 0 Å². The molecule has 0 fully saturated rings. The van der Waals surface area contributed by atoms with Crippen LogP contribution in [0.5, 0.6) is 0 Å². The maximum atomic E-state index is 8.58. The molecule has 1 atom stereocenters. The fourth-order valence-electron chi connectivity index (χ4n) is 1.29. The van der Waals surface area contributed by atoms with E-state index in [1.807, 2.05) is 7.05 Å². The molecule has 1 unspecified atom stereocenters. The standard InChI is InChI=1S/C12H23N3/c1-5-8-14-9-11(2)10-15(4)12(3)6-7-13/h12,14H,2,5-6,8-10H2,1,3-4H3. The van der Waals surface area contributed by atoms with Gasteiger partial charge in [0.1, 0.15) is 0 Å². The van der Waals surface area contributed by atoms with Crippen LogP contribution >= 0.6 is 0 Å². The summed E-state index contributed by atoms with van der Waals surface area (Å²) in [5.41, 5.74) is 1.18. The Morgan fingerprint density at radius 3 is 2.80 bits per heavy atom. The van der Waals surface area contributed by atoms with E-state index in [1.165, 1.54) is 5.57 Å². The summed E-state index contributed by atoms with van der Waals surface area (Å²) in [5, 5.41) is 11.9. The molecule has 86 valence electrons. The third-order valence-electron chi connectivity index (χ3n) is 2.41. The highest BCUT2D eigenvalue weighted by atomic mass is 15.1. The van der Waals surface area contributed by atoms with Gasteiger partial charge in [0.15, 0.2) is 0 Å². The van der Waals surface area contributed by atoms with Gasteiger partial charge in [0, 0.05) is 19.1 Å². The zero-order valence-corrected chi connectivity index (χ0v) is 10.2. The Kier molecular flexibility index (Phi) is 7.98. The zero-order valence-electron chi connectivity index (χ0n) is 10.2. The van der Waals surface area contributed by atoms with Crippen molar-refractivity contribution in [3.05, 3.63) is 12.2 Å². The second-order valence-electron chi connectivity index (χ2n) is 4.05. The van der Waals surface area contributed by atoms with E-state index in [4.69, 9.17) is 5.26 Å². The van der Waals surface area contributed by atoms with Crippen molar-refractivity contribution in [2.75, 3.05) is 26.7 Å². The number of nitrogens with zero attached hydrogens (tertiary/aromatic N) is 2. The molecule has 0 aromatic carbocycles. The minimum Gasteiger partial charge on any atom is -0.313 e. The van der Waals surface area contributed by atoms with E-state index in [-0.39, 0.29) is 0 Å². The van der Waals surface area contributed by atoms with Gasteiger partial charge in [-0.2, -0.15) is 5.26 Å². The largest absolute Gasteiger partial charge is 0.313 e. The quantitative estimate of drug-likeness (QED) is 0.489. The van der Waals surface area contributed by atoms with Gasteiger partial charge in [-0.05, 0) is 32.5 Å². The van der Waals surface area contributed by atoms with E-state index >= 15 is 0 Å². The maximum absolute atomic E-state index is 8.58. The fraction of sp³-hybridized carbons (Fsp3) is 0.750. The number of rotatable bonds is 8. The van der Waals surface area contributed by atoms with Gasteiger partial charge in [0.2, 0.25) is 0 Å². The Morgan fingerprint density at radius 2 is 2.27 bits per heavy atom. The van der Waals surface area contributed by atoms with Crippen molar-refractivity contribution in [3.8, 4) is 6.07 Å². The number of nitriles is 1. The Bertz CT molecular complexity index is 217. The van der Waals surface area contributed by atoms with Gasteiger partial charge in [0.25, 0.3) is 0 Å². The molecular weight excluding hydrogens is 186 g/mol. The van der Waals surface area contributed by atoms with Crippen LogP contribution in [0.3, 0.4) is 0 Å². The molecule has 0 aromatic heterocycles. The highest BCUT2D eigenvalue weighted by Gasteiger charge is 2.08. The summed E-state index contributed by atoms with van der Waals surface area (Å²) in [6, 6.07) is 2.49. The fourth-order valence-corrected chi connectivity index (χ4v) is 1.29. The van der Waals surface area contributed by atoms with E-state index < -0.39 is 0 Å². The molecule has 0 aliphatic carbocycles.